The minimum atomic E-state index is -0.196. The molecule has 4 nitrogen and oxygen atoms in total. The van der Waals surface area contributed by atoms with Crippen molar-refractivity contribution in [2.45, 2.75) is 32.2 Å². The molecule has 34 heavy (non-hydrogen) atoms. The monoisotopic (exact) mass is 460 g/mol. The van der Waals surface area contributed by atoms with E-state index in [1.54, 1.807) is 13.2 Å². The Morgan fingerprint density at radius 3 is 2.56 bits per heavy atom. The van der Waals surface area contributed by atoms with Crippen LogP contribution in [0.1, 0.15) is 34.6 Å². The number of para-hydroxylation sites is 1. The second kappa shape index (κ2) is 11.3. The maximum absolute atomic E-state index is 14.3. The molecule has 1 aliphatic rings. The molecule has 1 heterocycles. The zero-order chi connectivity index (χ0) is 23.9. The van der Waals surface area contributed by atoms with Gasteiger partial charge in [0.05, 0.1) is 13.0 Å². The third-order valence-electron chi connectivity index (χ3n) is 6.65. The van der Waals surface area contributed by atoms with Crippen LogP contribution >= 0.6 is 0 Å². The number of hydrogen-bond donors (Lipinski definition) is 1. The van der Waals surface area contributed by atoms with E-state index in [4.69, 9.17) is 4.74 Å². The van der Waals surface area contributed by atoms with E-state index in [2.05, 4.69) is 41.4 Å². The minimum absolute atomic E-state index is 0.0609. The number of aryl methyl sites for hydroxylation is 1. The molecule has 4 rings (SSSR count). The summed E-state index contributed by atoms with van der Waals surface area (Å²) in [6.07, 6.45) is 1.50. The first kappa shape index (κ1) is 24.0. The van der Waals surface area contributed by atoms with Crippen molar-refractivity contribution in [3.05, 3.63) is 101 Å². The molecule has 0 radical (unpaired) electrons. The molecule has 5 heteroatoms. The van der Waals surface area contributed by atoms with Gasteiger partial charge < -0.3 is 10.1 Å². The van der Waals surface area contributed by atoms with Crippen molar-refractivity contribution in [2.24, 2.45) is 5.92 Å². The summed E-state index contributed by atoms with van der Waals surface area (Å²) < 4.78 is 19.8. The van der Waals surface area contributed by atoms with Gasteiger partial charge in [0, 0.05) is 31.7 Å². The van der Waals surface area contributed by atoms with Crippen LogP contribution in [0, 0.1) is 18.7 Å². The third kappa shape index (κ3) is 6.03. The highest BCUT2D eigenvalue weighted by Gasteiger charge is 2.32. The van der Waals surface area contributed by atoms with Crippen molar-refractivity contribution in [1.29, 1.82) is 0 Å². The fraction of sp³-hybridized carbons (Fsp3) is 0.345. The molecule has 0 spiro atoms. The van der Waals surface area contributed by atoms with Gasteiger partial charge >= 0.3 is 0 Å². The van der Waals surface area contributed by atoms with Crippen LogP contribution < -0.4 is 10.1 Å². The predicted octanol–water partition coefficient (Wildman–Crippen LogP) is 5.11. The standard InChI is InChI=1S/C29H33FN2O2/c1-21-8-7-11-23(16-21)25-17-26(20-32(19-25)18-24-10-3-5-12-27(24)30)29(33)31-15-14-22-9-4-6-13-28(22)34-2/h3-13,16,25-26H,14-15,17-20H2,1-2H3,(H,31,33). The molecule has 1 aliphatic heterocycles. The molecule has 1 N–H and O–H groups in total. The van der Waals surface area contributed by atoms with Gasteiger partial charge in [-0.05, 0) is 48.9 Å². The third-order valence-corrected chi connectivity index (χ3v) is 6.65. The van der Waals surface area contributed by atoms with Gasteiger partial charge in [0.15, 0.2) is 0 Å². The van der Waals surface area contributed by atoms with Crippen LogP contribution in [0.2, 0.25) is 0 Å². The smallest absolute Gasteiger partial charge is 0.224 e. The van der Waals surface area contributed by atoms with Gasteiger partial charge in [-0.3, -0.25) is 9.69 Å². The molecule has 1 fully saturated rings. The summed E-state index contributed by atoms with van der Waals surface area (Å²) in [6, 6.07) is 23.3. The predicted molar refractivity (Wildman–Crippen MR) is 133 cm³/mol. The number of likely N-dealkylation sites (tertiary alicyclic amines) is 1. The minimum Gasteiger partial charge on any atom is -0.496 e. The molecule has 3 aromatic rings. The number of nitrogens with zero attached hydrogens (tertiary/aromatic N) is 1. The van der Waals surface area contributed by atoms with Gasteiger partial charge in [0.2, 0.25) is 5.91 Å². The summed E-state index contributed by atoms with van der Waals surface area (Å²) in [4.78, 5) is 15.4. The number of rotatable bonds is 8. The van der Waals surface area contributed by atoms with Crippen molar-refractivity contribution in [3.8, 4) is 5.75 Å². The second-order valence-electron chi connectivity index (χ2n) is 9.18. The molecular weight excluding hydrogens is 427 g/mol. The molecule has 0 saturated carbocycles. The average molecular weight is 461 g/mol. The molecule has 0 bridgehead atoms. The summed E-state index contributed by atoms with van der Waals surface area (Å²) in [7, 11) is 1.66. The molecule has 178 valence electrons. The number of methoxy groups -OCH3 is 1. The van der Waals surface area contributed by atoms with Gasteiger partial charge in [-0.2, -0.15) is 0 Å². The van der Waals surface area contributed by atoms with Crippen molar-refractivity contribution in [3.63, 3.8) is 0 Å². The Balaban J connectivity index is 1.45. The number of carbonyl (C=O) groups excluding carboxylic acids is 1. The van der Waals surface area contributed by atoms with Crippen molar-refractivity contribution in [2.75, 3.05) is 26.7 Å². The van der Waals surface area contributed by atoms with E-state index in [1.165, 1.54) is 17.2 Å². The van der Waals surface area contributed by atoms with Gasteiger partial charge in [0.25, 0.3) is 0 Å². The van der Waals surface area contributed by atoms with E-state index >= 15 is 0 Å². The number of amides is 1. The summed E-state index contributed by atoms with van der Waals surface area (Å²) >= 11 is 0. The lowest BCUT2D eigenvalue weighted by atomic mass is 9.83. The maximum atomic E-state index is 14.3. The van der Waals surface area contributed by atoms with E-state index < -0.39 is 0 Å². The fourth-order valence-corrected chi connectivity index (χ4v) is 4.92. The number of benzene rings is 3. The molecule has 2 atom stereocenters. The van der Waals surface area contributed by atoms with Crippen molar-refractivity contribution < 1.29 is 13.9 Å². The van der Waals surface area contributed by atoms with E-state index in [9.17, 15) is 9.18 Å². The largest absolute Gasteiger partial charge is 0.496 e. The summed E-state index contributed by atoms with van der Waals surface area (Å²) in [5.74, 6) is 0.780. The number of piperidine rings is 1. The van der Waals surface area contributed by atoms with Crippen molar-refractivity contribution in [1.82, 2.24) is 10.2 Å². The Hall–Kier alpha value is -3.18. The van der Waals surface area contributed by atoms with Crippen LogP contribution in [-0.4, -0.2) is 37.6 Å². The number of ether oxygens (including phenoxy) is 1. The van der Waals surface area contributed by atoms with E-state index in [1.807, 2.05) is 36.4 Å². The van der Waals surface area contributed by atoms with Crippen LogP contribution in [-0.2, 0) is 17.8 Å². The Bertz CT molecular complexity index is 1120. The number of hydrogen-bond acceptors (Lipinski definition) is 3. The molecule has 1 amide bonds. The average Bonchev–Trinajstić information content (AvgIpc) is 2.85. The highest BCUT2D eigenvalue weighted by molar-refractivity contribution is 5.79. The zero-order valence-electron chi connectivity index (χ0n) is 20.0. The molecule has 0 aliphatic carbocycles. The lowest BCUT2D eigenvalue weighted by molar-refractivity contribution is -0.127. The van der Waals surface area contributed by atoms with Gasteiger partial charge in [-0.15, -0.1) is 0 Å². The van der Waals surface area contributed by atoms with E-state index in [-0.39, 0.29) is 23.6 Å². The quantitative estimate of drug-likeness (QED) is 0.508. The Morgan fingerprint density at radius 1 is 1.03 bits per heavy atom. The lowest BCUT2D eigenvalue weighted by Gasteiger charge is -2.37. The summed E-state index contributed by atoms with van der Waals surface area (Å²) in [5.41, 5.74) is 4.20. The van der Waals surface area contributed by atoms with Crippen LogP contribution in [0.5, 0.6) is 5.75 Å². The van der Waals surface area contributed by atoms with Crippen LogP contribution in [0.3, 0.4) is 0 Å². The van der Waals surface area contributed by atoms with Crippen LogP contribution in [0.4, 0.5) is 4.39 Å². The Labute approximate surface area is 201 Å². The first-order chi connectivity index (χ1) is 16.5. The first-order valence-electron chi connectivity index (χ1n) is 12.0. The molecule has 1 saturated heterocycles. The first-order valence-corrected chi connectivity index (χ1v) is 12.0. The normalized spacial score (nSPS) is 18.4. The topological polar surface area (TPSA) is 41.6 Å². The molecule has 2 unspecified atom stereocenters. The maximum Gasteiger partial charge on any atom is 0.224 e. The lowest BCUT2D eigenvalue weighted by Crippen LogP contribution is -2.45. The van der Waals surface area contributed by atoms with E-state index in [0.29, 0.717) is 31.6 Å². The summed E-state index contributed by atoms with van der Waals surface area (Å²) in [6.45, 7) is 4.57. The molecule has 0 aromatic heterocycles. The molecule has 3 aromatic carbocycles. The number of nitrogens with one attached hydrogen (secondary N) is 1. The zero-order valence-corrected chi connectivity index (χ0v) is 20.0. The van der Waals surface area contributed by atoms with Crippen LogP contribution in [0.15, 0.2) is 72.8 Å². The fourth-order valence-electron chi connectivity index (χ4n) is 4.92. The Morgan fingerprint density at radius 2 is 1.79 bits per heavy atom. The highest BCUT2D eigenvalue weighted by atomic mass is 19.1. The highest BCUT2D eigenvalue weighted by Crippen LogP contribution is 2.32. The van der Waals surface area contributed by atoms with Gasteiger partial charge in [0.1, 0.15) is 11.6 Å². The molecular formula is C29H33FN2O2. The number of carbonyl (C=O) groups is 1. The Kier molecular flexibility index (Phi) is 7.96. The second-order valence-corrected chi connectivity index (χ2v) is 9.18. The SMILES string of the molecule is COc1ccccc1CCNC(=O)C1CC(c2cccc(C)c2)CN(Cc2ccccc2F)C1. The number of halogens is 1. The van der Waals surface area contributed by atoms with E-state index in [0.717, 1.165) is 24.3 Å². The summed E-state index contributed by atoms with van der Waals surface area (Å²) in [5, 5.41) is 3.14. The van der Waals surface area contributed by atoms with Crippen molar-refractivity contribution >= 4 is 5.91 Å². The van der Waals surface area contributed by atoms with Gasteiger partial charge in [-0.25, -0.2) is 4.39 Å². The van der Waals surface area contributed by atoms with Gasteiger partial charge in [-0.1, -0.05) is 66.2 Å². The van der Waals surface area contributed by atoms with Crippen LogP contribution in [0.25, 0.3) is 0 Å².